The van der Waals surface area contributed by atoms with E-state index in [0.29, 0.717) is 16.3 Å². The fourth-order valence-corrected chi connectivity index (χ4v) is 5.35. The molecule has 0 saturated carbocycles. The second-order valence-corrected chi connectivity index (χ2v) is 12.2. The van der Waals surface area contributed by atoms with Crippen LogP contribution in [0.5, 0.6) is 0 Å². The third kappa shape index (κ3) is 8.29. The van der Waals surface area contributed by atoms with Gasteiger partial charge in [0, 0.05) is 38.1 Å². The van der Waals surface area contributed by atoms with Crippen LogP contribution in [0.15, 0.2) is 84.9 Å². The van der Waals surface area contributed by atoms with Crippen LogP contribution < -0.4 is 9.62 Å². The van der Waals surface area contributed by atoms with E-state index in [0.717, 1.165) is 14.2 Å². The van der Waals surface area contributed by atoms with Gasteiger partial charge in [0.1, 0.15) is 12.6 Å². The zero-order valence-electron chi connectivity index (χ0n) is 22.6. The number of nitrogens with one attached hydrogen (secondary N) is 1. The minimum atomic E-state index is -4.03. The minimum absolute atomic E-state index is 0.0625. The number of benzene rings is 3. The Hall–Kier alpha value is -3.40. The molecule has 0 fully saturated rings. The molecule has 1 N–H and O–H groups in total. The van der Waals surface area contributed by atoms with Crippen LogP contribution in [-0.2, 0) is 32.8 Å². The quantitative estimate of drug-likeness (QED) is 0.355. The van der Waals surface area contributed by atoms with Crippen molar-refractivity contribution in [2.45, 2.75) is 38.9 Å². The summed E-state index contributed by atoms with van der Waals surface area (Å²) in [4.78, 5) is 29.1. The highest BCUT2D eigenvalue weighted by Crippen LogP contribution is 2.22. The predicted molar refractivity (Wildman–Crippen MR) is 156 cm³/mol. The molecule has 39 heavy (non-hydrogen) atoms. The maximum atomic E-state index is 14.1. The third-order valence-electron chi connectivity index (χ3n) is 6.01. The Bertz CT molecular complexity index is 1350. The van der Waals surface area contributed by atoms with E-state index >= 15 is 0 Å². The summed E-state index contributed by atoms with van der Waals surface area (Å²) < 4.78 is 28.7. The Balaban J connectivity index is 2.08. The lowest BCUT2D eigenvalue weighted by atomic mass is 10.0. The number of amides is 2. The average Bonchev–Trinajstić information content (AvgIpc) is 2.89. The molecule has 10 heteroatoms. The molecule has 0 radical (unpaired) electrons. The third-order valence-corrected chi connectivity index (χ3v) is 8.06. The van der Waals surface area contributed by atoms with Gasteiger partial charge >= 0.3 is 10.2 Å². The summed E-state index contributed by atoms with van der Waals surface area (Å²) in [6, 6.07) is 23.8. The van der Waals surface area contributed by atoms with E-state index in [2.05, 4.69) is 5.32 Å². The highest BCUT2D eigenvalue weighted by atomic mass is 35.5. The summed E-state index contributed by atoms with van der Waals surface area (Å²) in [6.07, 6.45) is 0.247. The molecule has 0 unspecified atom stereocenters. The van der Waals surface area contributed by atoms with Gasteiger partial charge in [-0.3, -0.25) is 9.59 Å². The van der Waals surface area contributed by atoms with Gasteiger partial charge in [-0.15, -0.1) is 0 Å². The Labute approximate surface area is 236 Å². The number of anilines is 1. The molecule has 208 valence electrons. The van der Waals surface area contributed by atoms with Crippen molar-refractivity contribution in [3.63, 3.8) is 0 Å². The smallest absolute Gasteiger partial charge is 0.304 e. The van der Waals surface area contributed by atoms with Gasteiger partial charge in [-0.1, -0.05) is 72.3 Å². The molecule has 0 aromatic heterocycles. The summed E-state index contributed by atoms with van der Waals surface area (Å²) in [6.45, 7) is 3.27. The predicted octanol–water partition coefficient (Wildman–Crippen LogP) is 4.12. The molecule has 0 aliphatic rings. The van der Waals surface area contributed by atoms with Gasteiger partial charge in [-0.2, -0.15) is 12.7 Å². The van der Waals surface area contributed by atoms with Gasteiger partial charge in [0.15, 0.2) is 0 Å². The van der Waals surface area contributed by atoms with Gasteiger partial charge in [0.05, 0.1) is 5.69 Å². The summed E-state index contributed by atoms with van der Waals surface area (Å²) >= 11 is 6.23. The first-order valence-electron chi connectivity index (χ1n) is 12.6. The Kier molecular flexibility index (Phi) is 10.5. The molecule has 2 amide bonds. The Morgan fingerprint density at radius 2 is 1.46 bits per heavy atom. The maximum absolute atomic E-state index is 14.1. The van der Waals surface area contributed by atoms with E-state index in [4.69, 9.17) is 11.6 Å². The van der Waals surface area contributed by atoms with Crippen molar-refractivity contribution < 1.29 is 18.0 Å². The Morgan fingerprint density at radius 3 is 2.03 bits per heavy atom. The molecular formula is C29H35ClN4O4S. The fourth-order valence-electron chi connectivity index (χ4n) is 4.08. The molecule has 0 heterocycles. The van der Waals surface area contributed by atoms with Gasteiger partial charge in [0.2, 0.25) is 11.8 Å². The SMILES string of the molecule is CC(C)NC(=O)[C@@H](Cc1ccccc1)N(Cc1cccc(Cl)c1)C(=O)CN(c1ccccc1)S(=O)(=O)N(C)C. The van der Waals surface area contributed by atoms with E-state index in [-0.39, 0.29) is 24.9 Å². The molecule has 3 aromatic carbocycles. The molecule has 3 rings (SSSR count). The van der Waals surface area contributed by atoms with Crippen molar-refractivity contribution in [2.24, 2.45) is 0 Å². The first kappa shape index (κ1) is 30.1. The molecule has 0 bridgehead atoms. The number of halogens is 1. The molecule has 1 atom stereocenters. The number of carbonyl (C=O) groups excluding carboxylic acids is 2. The van der Waals surface area contributed by atoms with E-state index in [1.54, 1.807) is 48.5 Å². The first-order valence-corrected chi connectivity index (χ1v) is 14.4. The van der Waals surface area contributed by atoms with E-state index < -0.39 is 28.7 Å². The zero-order valence-corrected chi connectivity index (χ0v) is 24.2. The monoisotopic (exact) mass is 570 g/mol. The largest absolute Gasteiger partial charge is 0.352 e. The van der Waals surface area contributed by atoms with Crippen LogP contribution in [0.25, 0.3) is 0 Å². The van der Waals surface area contributed by atoms with Crippen molar-refractivity contribution in [1.29, 1.82) is 0 Å². The van der Waals surface area contributed by atoms with Crippen LogP contribution in [0, 0.1) is 0 Å². The molecule has 0 aliphatic heterocycles. The van der Waals surface area contributed by atoms with E-state index in [1.165, 1.54) is 19.0 Å². The van der Waals surface area contributed by atoms with Crippen LogP contribution in [0.2, 0.25) is 5.02 Å². The number of nitrogens with zero attached hydrogens (tertiary/aromatic N) is 3. The van der Waals surface area contributed by atoms with Crippen molar-refractivity contribution in [1.82, 2.24) is 14.5 Å². The maximum Gasteiger partial charge on any atom is 0.304 e. The molecule has 8 nitrogen and oxygen atoms in total. The van der Waals surface area contributed by atoms with Crippen LogP contribution in [-0.4, -0.2) is 62.2 Å². The summed E-state index contributed by atoms with van der Waals surface area (Å²) in [5.74, 6) is -0.852. The van der Waals surface area contributed by atoms with Crippen LogP contribution in [0.3, 0.4) is 0 Å². The highest BCUT2D eigenvalue weighted by Gasteiger charge is 2.34. The van der Waals surface area contributed by atoms with Gasteiger partial charge in [-0.05, 0) is 49.2 Å². The summed E-state index contributed by atoms with van der Waals surface area (Å²) in [5.41, 5.74) is 1.92. The van der Waals surface area contributed by atoms with Crippen LogP contribution >= 0.6 is 11.6 Å². The number of carbonyl (C=O) groups is 2. The highest BCUT2D eigenvalue weighted by molar-refractivity contribution is 7.90. The molecule has 3 aromatic rings. The number of rotatable bonds is 12. The topological polar surface area (TPSA) is 90.0 Å². The normalized spacial score (nSPS) is 12.3. The summed E-state index contributed by atoms with van der Waals surface area (Å²) in [7, 11) is -1.21. The van der Waals surface area contributed by atoms with Crippen molar-refractivity contribution in [2.75, 3.05) is 24.9 Å². The average molecular weight is 571 g/mol. The van der Waals surface area contributed by atoms with Crippen LogP contribution in [0.4, 0.5) is 5.69 Å². The van der Waals surface area contributed by atoms with E-state index in [1.807, 2.05) is 50.2 Å². The lowest BCUT2D eigenvalue weighted by Crippen LogP contribution is -2.55. The van der Waals surface area contributed by atoms with Crippen molar-refractivity contribution >= 4 is 39.3 Å². The molecule has 0 spiro atoms. The van der Waals surface area contributed by atoms with Crippen LogP contribution in [0.1, 0.15) is 25.0 Å². The lowest BCUT2D eigenvalue weighted by molar-refractivity contribution is -0.140. The van der Waals surface area contributed by atoms with Crippen molar-refractivity contribution in [3.05, 3.63) is 101 Å². The molecular weight excluding hydrogens is 536 g/mol. The van der Waals surface area contributed by atoms with Gasteiger partial charge in [0.25, 0.3) is 0 Å². The standard InChI is InChI=1S/C29H35ClN4O4S/c1-22(2)31-29(36)27(19-23-12-7-5-8-13-23)33(20-24-14-11-15-25(30)18-24)28(35)21-34(39(37,38)32(3)4)26-16-9-6-10-17-26/h5-18,22,27H,19-21H2,1-4H3,(H,31,36)/t27-/m1/s1. The van der Waals surface area contributed by atoms with Gasteiger partial charge < -0.3 is 10.2 Å². The number of hydrogen-bond acceptors (Lipinski definition) is 4. The minimum Gasteiger partial charge on any atom is -0.352 e. The number of para-hydroxylation sites is 1. The second kappa shape index (κ2) is 13.6. The second-order valence-electron chi connectivity index (χ2n) is 9.65. The van der Waals surface area contributed by atoms with Gasteiger partial charge in [-0.25, -0.2) is 4.31 Å². The first-order chi connectivity index (χ1) is 18.5. The van der Waals surface area contributed by atoms with E-state index in [9.17, 15) is 18.0 Å². The zero-order chi connectivity index (χ0) is 28.6. The number of hydrogen-bond donors (Lipinski definition) is 1. The fraction of sp³-hybridized carbons (Fsp3) is 0.310. The summed E-state index contributed by atoms with van der Waals surface area (Å²) in [5, 5.41) is 3.42. The molecule has 0 saturated heterocycles. The van der Waals surface area contributed by atoms with Crippen molar-refractivity contribution in [3.8, 4) is 0 Å². The lowest BCUT2D eigenvalue weighted by Gasteiger charge is -2.34. The molecule has 0 aliphatic carbocycles. The Morgan fingerprint density at radius 1 is 0.872 bits per heavy atom.